The highest BCUT2D eigenvalue weighted by atomic mass is 32.2. The maximum Gasteiger partial charge on any atom is 0.333 e. The summed E-state index contributed by atoms with van der Waals surface area (Å²) in [5.41, 5.74) is 2.52. The van der Waals surface area contributed by atoms with Crippen LogP contribution < -0.4 is 10.6 Å². The molecule has 0 aliphatic carbocycles. The van der Waals surface area contributed by atoms with Crippen molar-refractivity contribution in [2.45, 2.75) is 50.3 Å². The van der Waals surface area contributed by atoms with Gasteiger partial charge in [-0.2, -0.15) is 0 Å². The van der Waals surface area contributed by atoms with Crippen molar-refractivity contribution in [3.05, 3.63) is 142 Å². The van der Waals surface area contributed by atoms with Crippen LogP contribution in [0, 0.1) is 13.8 Å². The van der Waals surface area contributed by atoms with Crippen LogP contribution in [0.2, 0.25) is 0 Å². The predicted molar refractivity (Wildman–Crippen MR) is 206 cm³/mol. The number of esters is 2. The number of hydrogen-bond donors (Lipinski definition) is 2. The van der Waals surface area contributed by atoms with Crippen molar-refractivity contribution in [3.8, 4) is 0 Å². The molecule has 12 nitrogen and oxygen atoms in total. The van der Waals surface area contributed by atoms with Gasteiger partial charge in [0, 0.05) is 35.1 Å². The third-order valence-corrected chi connectivity index (χ3v) is 10.3. The zero-order valence-electron chi connectivity index (χ0n) is 30.8. The summed E-state index contributed by atoms with van der Waals surface area (Å²) in [6.07, 6.45) is 1.54. The molecule has 0 bridgehead atoms. The lowest BCUT2D eigenvalue weighted by atomic mass is 10.0. The fourth-order valence-electron chi connectivity index (χ4n) is 5.44. The molecular formula is C42H40N2O10S. The number of hydrogen-bond acceptors (Lipinski definition) is 10. The Morgan fingerprint density at radius 3 is 1.36 bits per heavy atom. The number of sulfone groups is 1. The summed E-state index contributed by atoms with van der Waals surface area (Å²) in [5, 5.41) is 5.34. The molecule has 0 atom stereocenters. The second-order valence-corrected chi connectivity index (χ2v) is 14.6. The number of carbonyl (C=O) groups excluding carboxylic acids is 6. The first-order valence-corrected chi connectivity index (χ1v) is 18.5. The molecule has 2 amide bonds. The molecule has 0 saturated carbocycles. The lowest BCUT2D eigenvalue weighted by Crippen LogP contribution is -2.20. The Morgan fingerprint density at radius 2 is 1.02 bits per heavy atom. The van der Waals surface area contributed by atoms with Gasteiger partial charge in [-0.05, 0) is 86.3 Å². The molecule has 4 rings (SSSR count). The van der Waals surface area contributed by atoms with Crippen molar-refractivity contribution in [2.24, 2.45) is 0 Å². The molecular weight excluding hydrogens is 725 g/mol. The van der Waals surface area contributed by atoms with Gasteiger partial charge in [0.25, 0.3) is 11.8 Å². The van der Waals surface area contributed by atoms with Crippen LogP contribution in [0.4, 0.5) is 11.4 Å². The number of carbonyl (C=O) groups is 6. The number of benzene rings is 4. The molecule has 0 unspecified atom stereocenters. The van der Waals surface area contributed by atoms with Crippen molar-refractivity contribution in [3.63, 3.8) is 0 Å². The molecule has 284 valence electrons. The Bertz CT molecular complexity index is 2190. The van der Waals surface area contributed by atoms with E-state index in [2.05, 4.69) is 23.8 Å². The fraction of sp³-hybridized carbons (Fsp3) is 0.190. The molecule has 4 aromatic carbocycles. The minimum atomic E-state index is -4.46. The van der Waals surface area contributed by atoms with Crippen molar-refractivity contribution in [1.29, 1.82) is 0 Å². The van der Waals surface area contributed by atoms with E-state index in [-0.39, 0.29) is 80.6 Å². The number of aldehydes is 2. The summed E-state index contributed by atoms with van der Waals surface area (Å²) in [5.74, 6) is -2.59. The van der Waals surface area contributed by atoms with Crippen molar-refractivity contribution < 1.29 is 46.7 Å². The number of aryl methyl sites for hydroxylation is 2. The summed E-state index contributed by atoms with van der Waals surface area (Å²) in [7, 11) is -4.46. The summed E-state index contributed by atoms with van der Waals surface area (Å²) in [6, 6.07) is 17.9. The number of nitrogens with one attached hydrogen (secondary N) is 2. The van der Waals surface area contributed by atoms with E-state index in [9.17, 15) is 37.2 Å². The average Bonchev–Trinajstić information content (AvgIpc) is 3.15. The predicted octanol–water partition coefficient (Wildman–Crippen LogP) is 6.59. The second kappa shape index (κ2) is 18.0. The monoisotopic (exact) mass is 764 g/mol. The molecule has 55 heavy (non-hydrogen) atoms. The van der Waals surface area contributed by atoms with Crippen molar-refractivity contribution in [1.82, 2.24) is 0 Å². The average molecular weight is 765 g/mol. The number of amides is 2. The van der Waals surface area contributed by atoms with Gasteiger partial charge in [0.1, 0.15) is 0 Å². The molecule has 4 aromatic rings. The Hall–Kier alpha value is -6.47. The third-order valence-electron chi connectivity index (χ3n) is 8.45. The first kappa shape index (κ1) is 41.3. The summed E-state index contributed by atoms with van der Waals surface area (Å²) in [4.78, 5) is 74.2. The van der Waals surface area contributed by atoms with Gasteiger partial charge >= 0.3 is 11.9 Å². The quantitative estimate of drug-likeness (QED) is 0.0718. The van der Waals surface area contributed by atoms with Gasteiger partial charge in [-0.3, -0.25) is 19.2 Å². The second-order valence-electron chi connectivity index (χ2n) is 12.7. The smallest absolute Gasteiger partial charge is 0.333 e. The molecule has 2 N–H and O–H groups in total. The molecule has 13 heteroatoms. The van der Waals surface area contributed by atoms with Crippen LogP contribution in [0.5, 0.6) is 0 Å². The van der Waals surface area contributed by atoms with Gasteiger partial charge in [-0.1, -0.05) is 49.6 Å². The molecule has 0 spiro atoms. The molecule has 0 aromatic heterocycles. The molecule has 0 radical (unpaired) electrons. The highest BCUT2D eigenvalue weighted by molar-refractivity contribution is 7.91. The minimum Gasteiger partial charge on any atom is -0.462 e. The molecule has 0 fully saturated rings. The molecule has 0 aliphatic rings. The normalized spacial score (nSPS) is 10.8. The highest BCUT2D eigenvalue weighted by Gasteiger charge is 2.29. The van der Waals surface area contributed by atoms with Crippen LogP contribution in [-0.2, 0) is 41.7 Å². The van der Waals surface area contributed by atoms with Crippen LogP contribution in [0.3, 0.4) is 0 Å². The van der Waals surface area contributed by atoms with Gasteiger partial charge in [0.15, 0.2) is 12.6 Å². The topological polar surface area (TPSA) is 179 Å². The largest absolute Gasteiger partial charge is 0.462 e. The number of rotatable bonds is 16. The number of para-hydroxylation sites is 2. The van der Waals surface area contributed by atoms with Crippen LogP contribution in [0.15, 0.2) is 107 Å². The van der Waals surface area contributed by atoms with Crippen LogP contribution >= 0.6 is 0 Å². The van der Waals surface area contributed by atoms with E-state index >= 15 is 0 Å². The Kier molecular flexibility index (Phi) is 13.5. The molecule has 0 aliphatic heterocycles. The Morgan fingerprint density at radius 1 is 0.636 bits per heavy atom. The van der Waals surface area contributed by atoms with Gasteiger partial charge in [0.2, 0.25) is 9.84 Å². The van der Waals surface area contributed by atoms with Crippen LogP contribution in [0.1, 0.15) is 77.5 Å². The van der Waals surface area contributed by atoms with E-state index in [1.807, 2.05) is 0 Å². The SMILES string of the molecule is C=C(C)C(=O)OCCc1ccc(C(=O)Nc2c(C)cccc2S(=O)(=O)c2cccc(C)c2NC(=O)c2ccc(CCOC(=O)C(=C)C)cc2C=O)c(C=O)c1. The van der Waals surface area contributed by atoms with Gasteiger partial charge in [-0.15, -0.1) is 0 Å². The maximum absolute atomic E-state index is 14.4. The lowest BCUT2D eigenvalue weighted by molar-refractivity contribution is -0.139. The Balaban J connectivity index is 1.62. The fourth-order valence-corrected chi connectivity index (χ4v) is 7.16. The lowest BCUT2D eigenvalue weighted by Gasteiger charge is -2.18. The van der Waals surface area contributed by atoms with Crippen molar-refractivity contribution in [2.75, 3.05) is 23.8 Å². The van der Waals surface area contributed by atoms with E-state index in [0.29, 0.717) is 34.8 Å². The van der Waals surface area contributed by atoms with Crippen molar-refractivity contribution >= 4 is 57.5 Å². The Labute approximate surface area is 319 Å². The number of ether oxygens (including phenoxy) is 2. The van der Waals surface area contributed by atoms with E-state index < -0.39 is 33.6 Å². The minimum absolute atomic E-state index is 0.0161. The highest BCUT2D eigenvalue weighted by Crippen LogP contribution is 2.36. The summed E-state index contributed by atoms with van der Waals surface area (Å²) < 4.78 is 39.1. The van der Waals surface area contributed by atoms with E-state index in [4.69, 9.17) is 9.47 Å². The third kappa shape index (κ3) is 9.95. The number of anilines is 2. The van der Waals surface area contributed by atoms with Gasteiger partial charge in [0.05, 0.1) is 45.5 Å². The van der Waals surface area contributed by atoms with E-state index in [1.54, 1.807) is 38.1 Å². The zero-order chi connectivity index (χ0) is 40.4. The summed E-state index contributed by atoms with van der Waals surface area (Å²) in [6.45, 7) is 13.4. The first-order valence-electron chi connectivity index (χ1n) is 17.0. The van der Waals surface area contributed by atoms with E-state index in [0.717, 1.165) is 0 Å². The van der Waals surface area contributed by atoms with E-state index in [1.165, 1.54) is 62.4 Å². The standard InChI is InChI=1S/C42H40N2O10S/c1-25(2)41(49)53-19-17-29-13-15-33(31(21-29)23-45)39(47)43-37-27(5)9-7-11-35(37)55(51,52)36-12-8-10-28(6)38(36)44-40(48)34-16-14-30(22-32(34)24-46)18-20-54-42(50)26(3)4/h7-16,21-24H,1,3,17-20H2,2,4-6H3,(H,43,47)(H,44,48). The first-order chi connectivity index (χ1) is 26.1. The van der Waals surface area contributed by atoms with Gasteiger partial charge < -0.3 is 20.1 Å². The van der Waals surface area contributed by atoms with Crippen LogP contribution in [-0.4, -0.2) is 58.0 Å². The zero-order valence-corrected chi connectivity index (χ0v) is 31.6. The summed E-state index contributed by atoms with van der Waals surface area (Å²) >= 11 is 0. The maximum atomic E-state index is 14.4. The molecule has 0 saturated heterocycles. The van der Waals surface area contributed by atoms with Crippen LogP contribution in [0.25, 0.3) is 0 Å². The molecule has 0 heterocycles. The van der Waals surface area contributed by atoms with Gasteiger partial charge in [-0.25, -0.2) is 18.0 Å².